The number of aliphatic hydroxyl groups is 9. The molecule has 0 radical (unpaired) electrons. The molecule has 0 aromatic heterocycles. The first-order valence-electron chi connectivity index (χ1n) is 12.0. The average molecular weight is 549 g/mol. The molecule has 3 rings (SSSR count). The van der Waals surface area contributed by atoms with Crippen LogP contribution in [0.3, 0.4) is 0 Å². The molecule has 9 N–H and O–H groups in total. The summed E-state index contributed by atoms with van der Waals surface area (Å²) in [4.78, 5) is 0. The fourth-order valence-electron chi connectivity index (χ4n) is 4.27. The summed E-state index contributed by atoms with van der Waals surface area (Å²) in [5, 5.41) is 89.7. The topological polar surface area (TPSA) is 237 Å². The van der Waals surface area contributed by atoms with Gasteiger partial charge in [-0.2, -0.15) is 0 Å². The van der Waals surface area contributed by atoms with Crippen LogP contribution in [0.2, 0.25) is 0 Å². The van der Waals surface area contributed by atoms with E-state index in [4.69, 9.17) is 28.4 Å². The first kappa shape index (κ1) is 30.9. The summed E-state index contributed by atoms with van der Waals surface area (Å²) in [6, 6.07) is 0. The van der Waals surface area contributed by atoms with Crippen molar-refractivity contribution in [2.75, 3.05) is 26.4 Å². The summed E-state index contributed by atoms with van der Waals surface area (Å²) < 4.78 is 47.5. The van der Waals surface area contributed by atoms with Crippen molar-refractivity contribution >= 4 is 0 Å². The van der Waals surface area contributed by atoms with Gasteiger partial charge in [-0.15, -0.1) is 0 Å². The van der Waals surface area contributed by atoms with Crippen molar-refractivity contribution in [3.05, 3.63) is 0 Å². The monoisotopic (exact) mass is 548 g/mol. The molecule has 0 aliphatic carbocycles. The maximum atomic E-state index is 15.3. The third-order valence-electron chi connectivity index (χ3n) is 6.50. The lowest BCUT2D eigenvalue weighted by atomic mass is 9.97. The minimum atomic E-state index is -2.13. The van der Waals surface area contributed by atoms with E-state index in [0.29, 0.717) is 6.42 Å². The fourth-order valence-corrected chi connectivity index (χ4v) is 4.27. The maximum Gasteiger partial charge on any atom is 0.192 e. The Balaban J connectivity index is 1.73. The van der Waals surface area contributed by atoms with Crippen molar-refractivity contribution in [1.82, 2.24) is 0 Å². The highest BCUT2D eigenvalue weighted by molar-refractivity contribution is 4.95. The SMILES string of the molecule is CCCO[C@H]1O[C@H](COC2O[C@H](CO)[C@@H](O)[C@H](O)[C@@H]2O)[C@@H](O)[C@H](O[C@H]2O[C@H](CO)[C@@H](O)[C@H](O)[C@@H]2O)[C@@H]1F. The van der Waals surface area contributed by atoms with Crippen molar-refractivity contribution in [2.24, 2.45) is 0 Å². The van der Waals surface area contributed by atoms with Gasteiger partial charge in [-0.25, -0.2) is 4.39 Å². The molecule has 3 heterocycles. The second-order valence-corrected chi connectivity index (χ2v) is 9.18. The molecule has 0 aromatic carbocycles. The van der Waals surface area contributed by atoms with E-state index in [2.05, 4.69) is 0 Å². The maximum absolute atomic E-state index is 15.3. The summed E-state index contributed by atoms with van der Waals surface area (Å²) in [7, 11) is 0. The predicted molar refractivity (Wildman–Crippen MR) is 114 cm³/mol. The van der Waals surface area contributed by atoms with Crippen LogP contribution in [0, 0.1) is 0 Å². The predicted octanol–water partition coefficient (Wildman–Crippen LogP) is -5.16. The van der Waals surface area contributed by atoms with Crippen molar-refractivity contribution in [2.45, 2.75) is 106 Å². The summed E-state index contributed by atoms with van der Waals surface area (Å²) in [6.07, 6.45) is -24.5. The van der Waals surface area contributed by atoms with Crippen LogP contribution in [0.25, 0.3) is 0 Å². The lowest BCUT2D eigenvalue weighted by molar-refractivity contribution is -0.359. The van der Waals surface area contributed by atoms with Gasteiger partial charge in [-0.05, 0) is 6.42 Å². The van der Waals surface area contributed by atoms with Gasteiger partial charge in [-0.1, -0.05) is 6.92 Å². The number of ether oxygens (including phenoxy) is 6. The minimum absolute atomic E-state index is 0.0637. The van der Waals surface area contributed by atoms with Crippen LogP contribution >= 0.6 is 0 Å². The van der Waals surface area contributed by atoms with Gasteiger partial charge in [0.05, 0.1) is 19.8 Å². The molecule has 0 saturated carbocycles. The molecule has 0 aromatic rings. The molecule has 37 heavy (non-hydrogen) atoms. The van der Waals surface area contributed by atoms with Crippen molar-refractivity contribution in [3.63, 3.8) is 0 Å². The van der Waals surface area contributed by atoms with Gasteiger partial charge in [0.1, 0.15) is 67.1 Å². The molecular weight excluding hydrogens is 511 g/mol. The molecule has 15 atom stereocenters. The van der Waals surface area contributed by atoms with Crippen LogP contribution in [0.15, 0.2) is 0 Å². The van der Waals surface area contributed by atoms with E-state index in [1.165, 1.54) is 0 Å². The van der Waals surface area contributed by atoms with Crippen LogP contribution in [-0.4, -0.2) is 165 Å². The number of rotatable bonds is 10. The summed E-state index contributed by atoms with van der Waals surface area (Å²) >= 11 is 0. The van der Waals surface area contributed by atoms with Crippen LogP contribution in [0.5, 0.6) is 0 Å². The smallest absolute Gasteiger partial charge is 0.192 e. The van der Waals surface area contributed by atoms with Crippen molar-refractivity contribution in [1.29, 1.82) is 0 Å². The Bertz CT molecular complexity index is 688. The van der Waals surface area contributed by atoms with Crippen LogP contribution < -0.4 is 0 Å². The molecular formula is C21H37FO15. The Labute approximate surface area is 211 Å². The molecule has 0 spiro atoms. The summed E-state index contributed by atoms with van der Waals surface area (Å²) in [6.45, 7) is -0.200. The highest BCUT2D eigenvalue weighted by Crippen LogP contribution is 2.32. The van der Waals surface area contributed by atoms with E-state index >= 15 is 4.39 Å². The summed E-state index contributed by atoms with van der Waals surface area (Å²) in [5.41, 5.74) is 0. The number of aliphatic hydroxyl groups excluding tert-OH is 9. The number of hydrogen-bond donors (Lipinski definition) is 9. The quantitative estimate of drug-likeness (QED) is 0.124. The second kappa shape index (κ2) is 13.6. The Morgan fingerprint density at radius 2 is 1.14 bits per heavy atom. The van der Waals surface area contributed by atoms with Crippen molar-refractivity contribution < 1.29 is 78.8 Å². The van der Waals surface area contributed by atoms with E-state index in [9.17, 15) is 46.0 Å². The highest BCUT2D eigenvalue weighted by Gasteiger charge is 2.52. The van der Waals surface area contributed by atoms with Crippen LogP contribution in [0.4, 0.5) is 4.39 Å². The third kappa shape index (κ3) is 6.74. The Hall–Kier alpha value is -0.670. The van der Waals surface area contributed by atoms with Crippen LogP contribution in [0.1, 0.15) is 13.3 Å². The first-order chi connectivity index (χ1) is 17.5. The molecule has 3 fully saturated rings. The van der Waals surface area contributed by atoms with E-state index < -0.39 is 112 Å². The number of halogens is 1. The van der Waals surface area contributed by atoms with E-state index in [1.54, 1.807) is 6.92 Å². The van der Waals surface area contributed by atoms with Crippen LogP contribution in [-0.2, 0) is 28.4 Å². The van der Waals surface area contributed by atoms with Gasteiger partial charge in [-0.3, -0.25) is 0 Å². The molecule has 15 nitrogen and oxygen atoms in total. The zero-order chi connectivity index (χ0) is 27.4. The molecule has 0 amide bonds. The Morgan fingerprint density at radius 3 is 1.68 bits per heavy atom. The zero-order valence-corrected chi connectivity index (χ0v) is 20.0. The number of alkyl halides is 1. The standard InChI is InChI=1S/C21H37FO15/c1-2-3-32-19-10(22)18(37-21-17(31)15(29)12(26)8(5-24)35-21)13(27)9(36-19)6-33-20-16(30)14(28)11(25)7(4-23)34-20/h7-21,23-31H,2-6H2,1H3/t7-,8-,9-,10+,11-,12-,13-,14+,15+,16+,17+,18-,19+,20?,21-/m1/s1. The van der Waals surface area contributed by atoms with Gasteiger partial charge in [0, 0.05) is 6.61 Å². The van der Waals surface area contributed by atoms with Gasteiger partial charge in [0.2, 0.25) is 0 Å². The molecule has 218 valence electrons. The molecule has 1 unspecified atom stereocenters. The largest absolute Gasteiger partial charge is 0.394 e. The first-order valence-corrected chi connectivity index (χ1v) is 12.0. The Kier molecular flexibility index (Phi) is 11.3. The van der Waals surface area contributed by atoms with Gasteiger partial charge < -0.3 is 74.4 Å². The van der Waals surface area contributed by atoms with Crippen molar-refractivity contribution in [3.8, 4) is 0 Å². The van der Waals surface area contributed by atoms with Gasteiger partial charge >= 0.3 is 0 Å². The highest BCUT2D eigenvalue weighted by atomic mass is 19.1. The molecule has 0 bridgehead atoms. The molecule has 3 saturated heterocycles. The lowest BCUT2D eigenvalue weighted by Gasteiger charge is -2.46. The van der Waals surface area contributed by atoms with Gasteiger partial charge in [0.15, 0.2) is 25.0 Å². The lowest BCUT2D eigenvalue weighted by Crippen LogP contribution is -2.64. The fraction of sp³-hybridized carbons (Fsp3) is 1.00. The van der Waals surface area contributed by atoms with E-state index in [-0.39, 0.29) is 6.61 Å². The molecule has 3 aliphatic heterocycles. The molecule has 3 aliphatic rings. The van der Waals surface area contributed by atoms with Gasteiger partial charge in [0.25, 0.3) is 0 Å². The summed E-state index contributed by atoms with van der Waals surface area (Å²) in [5.74, 6) is 0. The van der Waals surface area contributed by atoms with E-state index in [0.717, 1.165) is 0 Å². The third-order valence-corrected chi connectivity index (χ3v) is 6.50. The minimum Gasteiger partial charge on any atom is -0.394 e. The number of hydrogen-bond acceptors (Lipinski definition) is 15. The Morgan fingerprint density at radius 1 is 0.622 bits per heavy atom. The second-order valence-electron chi connectivity index (χ2n) is 9.18. The zero-order valence-electron chi connectivity index (χ0n) is 20.0. The molecule has 16 heteroatoms. The average Bonchev–Trinajstić information content (AvgIpc) is 2.89. The normalized spacial score (nSPS) is 49.2. The van der Waals surface area contributed by atoms with E-state index in [1.807, 2.05) is 0 Å².